The summed E-state index contributed by atoms with van der Waals surface area (Å²) in [6.07, 6.45) is 1.87. The van der Waals surface area contributed by atoms with Gasteiger partial charge in [-0.3, -0.25) is 0 Å². The number of nitrogens with zero attached hydrogens (tertiary/aromatic N) is 4. The molecule has 0 amide bonds. The molecule has 27 heavy (non-hydrogen) atoms. The number of hydrogen-bond acceptors (Lipinski definition) is 5. The highest BCUT2D eigenvalue weighted by atomic mass is 32.1. The molecule has 7 heteroatoms. The van der Waals surface area contributed by atoms with Gasteiger partial charge in [-0.15, -0.1) is 0 Å². The molecule has 6 nitrogen and oxygen atoms in total. The van der Waals surface area contributed by atoms with E-state index in [4.69, 9.17) is 17.0 Å². The van der Waals surface area contributed by atoms with Gasteiger partial charge in [0.25, 0.3) is 0 Å². The van der Waals surface area contributed by atoms with Crippen molar-refractivity contribution in [2.45, 2.75) is 20.0 Å². The second-order valence-electron chi connectivity index (χ2n) is 6.59. The van der Waals surface area contributed by atoms with Gasteiger partial charge in [-0.2, -0.15) is 14.9 Å². The highest BCUT2D eigenvalue weighted by Crippen LogP contribution is 2.23. The summed E-state index contributed by atoms with van der Waals surface area (Å²) >= 11 is 5.34. The van der Waals surface area contributed by atoms with Crippen LogP contribution in [-0.2, 0) is 0 Å². The maximum atomic E-state index is 5.77. The standard InChI is InChI=1S/C20H23N5OS/c1-14(2)26-18-7-5-6-16(12-18)19-22-23-20(27)25(19)21-13-15-8-10-17(11-9-15)24(3)4/h5-14H,1-4H3,(H,23,27). The van der Waals surface area contributed by atoms with Gasteiger partial charge in [0, 0.05) is 25.3 Å². The number of H-pyrrole nitrogens is 1. The van der Waals surface area contributed by atoms with Crippen LogP contribution in [0.15, 0.2) is 53.6 Å². The fraction of sp³-hybridized carbons (Fsp3) is 0.250. The molecule has 0 aliphatic heterocycles. The van der Waals surface area contributed by atoms with Crippen molar-refractivity contribution in [3.8, 4) is 17.1 Å². The van der Waals surface area contributed by atoms with Gasteiger partial charge < -0.3 is 9.64 Å². The van der Waals surface area contributed by atoms with E-state index in [1.165, 1.54) is 0 Å². The van der Waals surface area contributed by atoms with Crippen LogP contribution in [-0.4, -0.2) is 41.3 Å². The Morgan fingerprint density at radius 1 is 1.19 bits per heavy atom. The molecule has 0 spiro atoms. The quantitative estimate of drug-likeness (QED) is 0.510. The van der Waals surface area contributed by atoms with Gasteiger partial charge in [0.15, 0.2) is 5.82 Å². The van der Waals surface area contributed by atoms with Crippen LogP contribution < -0.4 is 9.64 Å². The third-order valence-electron chi connectivity index (χ3n) is 3.85. The molecule has 0 unspecified atom stereocenters. The van der Waals surface area contributed by atoms with Crippen molar-refractivity contribution in [2.75, 3.05) is 19.0 Å². The zero-order valence-corrected chi connectivity index (χ0v) is 16.7. The van der Waals surface area contributed by atoms with Crippen LogP contribution in [0.3, 0.4) is 0 Å². The normalized spacial score (nSPS) is 11.3. The monoisotopic (exact) mass is 381 g/mol. The van der Waals surface area contributed by atoms with E-state index >= 15 is 0 Å². The van der Waals surface area contributed by atoms with E-state index in [-0.39, 0.29) is 6.10 Å². The summed E-state index contributed by atoms with van der Waals surface area (Å²) in [6.45, 7) is 3.99. The third kappa shape index (κ3) is 4.62. The smallest absolute Gasteiger partial charge is 0.216 e. The first-order valence-electron chi connectivity index (χ1n) is 8.70. The molecule has 0 fully saturated rings. The summed E-state index contributed by atoms with van der Waals surface area (Å²) in [5.74, 6) is 1.42. The molecule has 0 atom stereocenters. The second-order valence-corrected chi connectivity index (χ2v) is 6.98. The second kappa shape index (κ2) is 8.18. The van der Waals surface area contributed by atoms with Gasteiger partial charge in [0.1, 0.15) is 5.75 Å². The molecule has 0 aliphatic carbocycles. The van der Waals surface area contributed by atoms with Crippen LogP contribution in [0.25, 0.3) is 11.4 Å². The molecule has 0 saturated carbocycles. The van der Waals surface area contributed by atoms with Crippen LogP contribution in [0.2, 0.25) is 0 Å². The first-order chi connectivity index (χ1) is 12.9. The van der Waals surface area contributed by atoms with Gasteiger partial charge in [0.2, 0.25) is 4.77 Å². The largest absolute Gasteiger partial charge is 0.491 e. The first-order valence-corrected chi connectivity index (χ1v) is 9.11. The van der Waals surface area contributed by atoms with Gasteiger partial charge in [-0.05, 0) is 55.9 Å². The first kappa shape index (κ1) is 18.8. The minimum absolute atomic E-state index is 0.101. The minimum atomic E-state index is 0.101. The van der Waals surface area contributed by atoms with Crippen LogP contribution in [0.1, 0.15) is 19.4 Å². The number of ether oxygens (including phenoxy) is 1. The van der Waals surface area contributed by atoms with Crippen molar-refractivity contribution in [2.24, 2.45) is 5.10 Å². The van der Waals surface area contributed by atoms with E-state index in [0.29, 0.717) is 10.6 Å². The number of nitrogens with one attached hydrogen (secondary N) is 1. The lowest BCUT2D eigenvalue weighted by Crippen LogP contribution is -2.08. The number of rotatable bonds is 6. The number of hydrogen-bond donors (Lipinski definition) is 1. The molecule has 0 bridgehead atoms. The molecule has 1 aromatic heterocycles. The van der Waals surface area contributed by atoms with Crippen LogP contribution in [0.5, 0.6) is 5.75 Å². The Morgan fingerprint density at radius 3 is 2.59 bits per heavy atom. The summed E-state index contributed by atoms with van der Waals surface area (Å²) < 4.78 is 7.81. The van der Waals surface area contributed by atoms with Gasteiger partial charge >= 0.3 is 0 Å². The third-order valence-corrected chi connectivity index (χ3v) is 4.11. The zero-order valence-electron chi connectivity index (χ0n) is 15.9. The van der Waals surface area contributed by atoms with Crippen LogP contribution in [0.4, 0.5) is 5.69 Å². The fourth-order valence-corrected chi connectivity index (χ4v) is 2.73. The SMILES string of the molecule is CC(C)Oc1cccc(-c2n[nH]c(=S)n2N=Cc2ccc(N(C)C)cc2)c1. The topological polar surface area (TPSA) is 58.4 Å². The van der Waals surface area contributed by atoms with Crippen molar-refractivity contribution < 1.29 is 4.74 Å². The highest BCUT2D eigenvalue weighted by molar-refractivity contribution is 7.71. The predicted octanol–water partition coefficient (Wildman–Crippen LogP) is 4.34. The average Bonchev–Trinajstić information content (AvgIpc) is 3.00. The Labute approximate surface area is 164 Å². The van der Waals surface area contributed by atoms with E-state index in [2.05, 4.69) is 20.2 Å². The van der Waals surface area contributed by atoms with Gasteiger partial charge in [0.05, 0.1) is 12.3 Å². The minimum Gasteiger partial charge on any atom is -0.491 e. The maximum Gasteiger partial charge on any atom is 0.216 e. The van der Waals surface area contributed by atoms with Crippen LogP contribution in [0, 0.1) is 4.77 Å². The van der Waals surface area contributed by atoms with Gasteiger partial charge in [-0.25, -0.2) is 5.10 Å². The summed E-state index contributed by atoms with van der Waals surface area (Å²) in [5, 5.41) is 11.7. The molecular weight excluding hydrogens is 358 g/mol. The fourth-order valence-electron chi connectivity index (χ4n) is 2.55. The van der Waals surface area contributed by atoms with E-state index in [9.17, 15) is 0 Å². The molecule has 0 radical (unpaired) electrons. The van der Waals surface area contributed by atoms with Crippen molar-refractivity contribution in [3.05, 3.63) is 58.9 Å². The van der Waals surface area contributed by atoms with E-state index in [1.54, 1.807) is 10.9 Å². The molecular formula is C20H23N5OS. The summed E-state index contributed by atoms with van der Waals surface area (Å²) in [5.41, 5.74) is 2.99. The molecule has 3 aromatic rings. The zero-order chi connectivity index (χ0) is 19.4. The Hall–Kier alpha value is -2.93. The lowest BCUT2D eigenvalue weighted by Gasteiger charge is -2.11. The van der Waals surface area contributed by atoms with Crippen molar-refractivity contribution in [1.82, 2.24) is 14.9 Å². The van der Waals surface area contributed by atoms with Crippen molar-refractivity contribution in [1.29, 1.82) is 0 Å². The molecule has 3 rings (SSSR count). The molecule has 0 saturated heterocycles. The lowest BCUT2D eigenvalue weighted by molar-refractivity contribution is 0.242. The van der Waals surface area contributed by atoms with E-state index < -0.39 is 0 Å². The Bertz CT molecular complexity index is 986. The van der Waals surface area contributed by atoms with Crippen LogP contribution >= 0.6 is 12.2 Å². The van der Waals surface area contributed by atoms with Gasteiger partial charge in [-0.1, -0.05) is 24.3 Å². The molecule has 1 N–H and O–H groups in total. The Morgan fingerprint density at radius 2 is 1.93 bits per heavy atom. The summed E-state index contributed by atoms with van der Waals surface area (Å²) in [6, 6.07) is 15.9. The molecule has 2 aromatic carbocycles. The van der Waals surface area contributed by atoms with E-state index in [0.717, 1.165) is 22.6 Å². The summed E-state index contributed by atoms with van der Waals surface area (Å²) in [4.78, 5) is 2.05. The number of aromatic amines is 1. The van der Waals surface area contributed by atoms with E-state index in [1.807, 2.05) is 76.5 Å². The molecule has 140 valence electrons. The van der Waals surface area contributed by atoms with Crippen molar-refractivity contribution in [3.63, 3.8) is 0 Å². The predicted molar refractivity (Wildman–Crippen MR) is 112 cm³/mol. The number of benzene rings is 2. The average molecular weight is 382 g/mol. The highest BCUT2D eigenvalue weighted by Gasteiger charge is 2.09. The summed E-state index contributed by atoms with van der Waals surface area (Å²) in [7, 11) is 4.02. The molecule has 1 heterocycles. The Balaban J connectivity index is 1.90. The maximum absolute atomic E-state index is 5.77. The number of aromatic nitrogens is 3. The lowest BCUT2D eigenvalue weighted by atomic mass is 10.2. The van der Waals surface area contributed by atoms with Crippen molar-refractivity contribution >= 4 is 24.1 Å². The Kier molecular flexibility index (Phi) is 5.71. The molecule has 0 aliphatic rings. The number of anilines is 1.